The van der Waals surface area contributed by atoms with Gasteiger partial charge in [-0.1, -0.05) is 24.3 Å². The smallest absolute Gasteiger partial charge is 0.339 e. The Balaban J connectivity index is 2.07. The maximum absolute atomic E-state index is 12.7. The fraction of sp³-hybridized carbons (Fsp3) is 0.0952. The summed E-state index contributed by atoms with van der Waals surface area (Å²) in [7, 11) is -2.82. The lowest BCUT2D eigenvalue weighted by Crippen LogP contribution is -2.51. The lowest BCUT2D eigenvalue weighted by molar-refractivity contribution is -0.123. The summed E-state index contributed by atoms with van der Waals surface area (Å²) in [5, 5.41) is 3.96. The molecule has 1 fully saturated rings. The van der Waals surface area contributed by atoms with E-state index in [9.17, 15) is 22.8 Å². The standard InChI is InChI=1S/C21H18N2O7S/c1-3-7-14-10-13(11-16-19(24)22-21(26)23-20(16)25)12-17(29-2)18(14)30-31(27,28)15-8-5-4-6-9-15/h3-6,8-12H,1,7H2,2H3,(H2,22,23,24,25,26). The first-order valence-corrected chi connectivity index (χ1v) is 10.4. The highest BCUT2D eigenvalue weighted by atomic mass is 32.2. The van der Waals surface area contributed by atoms with Gasteiger partial charge in [0.1, 0.15) is 10.5 Å². The molecule has 160 valence electrons. The molecular formula is C21H18N2O7S. The summed E-state index contributed by atoms with van der Waals surface area (Å²) < 4.78 is 36.1. The topological polar surface area (TPSA) is 128 Å². The molecule has 0 aliphatic carbocycles. The van der Waals surface area contributed by atoms with Crippen molar-refractivity contribution in [1.82, 2.24) is 10.6 Å². The minimum absolute atomic E-state index is 0.0342. The molecule has 0 saturated carbocycles. The zero-order valence-electron chi connectivity index (χ0n) is 16.4. The third-order valence-electron chi connectivity index (χ3n) is 4.22. The predicted molar refractivity (Wildman–Crippen MR) is 111 cm³/mol. The molecule has 9 nitrogen and oxygen atoms in total. The van der Waals surface area contributed by atoms with Crippen LogP contribution in [0.4, 0.5) is 4.79 Å². The molecule has 0 bridgehead atoms. The molecule has 10 heteroatoms. The molecule has 0 aromatic heterocycles. The Kier molecular flexibility index (Phi) is 6.21. The van der Waals surface area contributed by atoms with E-state index in [2.05, 4.69) is 6.58 Å². The molecule has 0 atom stereocenters. The Hall–Kier alpha value is -3.92. The minimum atomic E-state index is -4.15. The molecule has 1 aliphatic heterocycles. The van der Waals surface area contributed by atoms with Crippen LogP contribution < -0.4 is 19.6 Å². The number of urea groups is 1. The quantitative estimate of drug-likeness (QED) is 0.290. The molecule has 31 heavy (non-hydrogen) atoms. The van der Waals surface area contributed by atoms with Crippen LogP contribution in [0.2, 0.25) is 0 Å². The number of carbonyl (C=O) groups is 3. The van der Waals surface area contributed by atoms with E-state index in [0.29, 0.717) is 11.1 Å². The van der Waals surface area contributed by atoms with Crippen LogP contribution in [0.25, 0.3) is 6.08 Å². The lowest BCUT2D eigenvalue weighted by Gasteiger charge is -2.17. The summed E-state index contributed by atoms with van der Waals surface area (Å²) in [6.45, 7) is 3.66. The van der Waals surface area contributed by atoms with E-state index < -0.39 is 28.0 Å². The Labute approximate surface area is 178 Å². The average Bonchev–Trinajstić information content (AvgIpc) is 2.73. The fourth-order valence-electron chi connectivity index (χ4n) is 2.84. The van der Waals surface area contributed by atoms with Gasteiger partial charge in [0.05, 0.1) is 7.11 Å². The molecular weight excluding hydrogens is 424 g/mol. The van der Waals surface area contributed by atoms with Gasteiger partial charge in [-0.3, -0.25) is 20.2 Å². The third-order valence-corrected chi connectivity index (χ3v) is 5.45. The number of barbiturate groups is 1. The van der Waals surface area contributed by atoms with Crippen molar-refractivity contribution < 1.29 is 31.7 Å². The van der Waals surface area contributed by atoms with Crippen molar-refractivity contribution in [2.75, 3.05) is 7.11 Å². The molecule has 1 saturated heterocycles. The Morgan fingerprint density at radius 3 is 2.26 bits per heavy atom. The van der Waals surface area contributed by atoms with Crippen molar-refractivity contribution in [3.05, 3.63) is 71.8 Å². The van der Waals surface area contributed by atoms with Crippen LogP contribution in [0, 0.1) is 0 Å². The number of carbonyl (C=O) groups excluding carboxylic acids is 3. The molecule has 1 aliphatic rings. The second-order valence-corrected chi connectivity index (χ2v) is 7.90. The van der Waals surface area contributed by atoms with Gasteiger partial charge in [0, 0.05) is 5.56 Å². The van der Waals surface area contributed by atoms with Gasteiger partial charge in [0.25, 0.3) is 11.8 Å². The van der Waals surface area contributed by atoms with Crippen molar-refractivity contribution in [3.8, 4) is 11.5 Å². The Bertz CT molecular complexity index is 1180. The van der Waals surface area contributed by atoms with Gasteiger partial charge in [-0.25, -0.2) is 4.79 Å². The van der Waals surface area contributed by atoms with Crippen molar-refractivity contribution in [2.24, 2.45) is 0 Å². The van der Waals surface area contributed by atoms with E-state index >= 15 is 0 Å². The minimum Gasteiger partial charge on any atom is -0.493 e. The summed E-state index contributed by atoms with van der Waals surface area (Å²) >= 11 is 0. The highest BCUT2D eigenvalue weighted by Gasteiger charge is 2.28. The van der Waals surface area contributed by atoms with E-state index in [-0.39, 0.29) is 28.4 Å². The highest BCUT2D eigenvalue weighted by Crippen LogP contribution is 2.36. The summed E-state index contributed by atoms with van der Waals surface area (Å²) in [6, 6.07) is 9.64. The molecule has 0 radical (unpaired) electrons. The van der Waals surface area contributed by atoms with Crippen LogP contribution in [0.1, 0.15) is 11.1 Å². The van der Waals surface area contributed by atoms with Crippen molar-refractivity contribution in [2.45, 2.75) is 11.3 Å². The van der Waals surface area contributed by atoms with Crippen LogP contribution in [0.5, 0.6) is 11.5 Å². The Morgan fingerprint density at radius 2 is 1.68 bits per heavy atom. The van der Waals surface area contributed by atoms with E-state index in [0.717, 1.165) is 0 Å². The number of benzene rings is 2. The molecule has 2 aromatic rings. The number of rotatable bonds is 7. The van der Waals surface area contributed by atoms with Gasteiger partial charge in [-0.2, -0.15) is 8.42 Å². The zero-order valence-corrected chi connectivity index (χ0v) is 17.2. The second-order valence-electron chi connectivity index (χ2n) is 6.35. The summed E-state index contributed by atoms with van der Waals surface area (Å²) in [6.07, 6.45) is 3.00. The van der Waals surface area contributed by atoms with Crippen molar-refractivity contribution >= 4 is 34.0 Å². The number of imide groups is 2. The van der Waals surface area contributed by atoms with Crippen LogP contribution >= 0.6 is 0 Å². The SMILES string of the molecule is C=CCc1cc(C=C2C(=O)NC(=O)NC2=O)cc(OC)c1OS(=O)(=O)c1ccccc1. The first kappa shape index (κ1) is 21.8. The predicted octanol–water partition coefficient (Wildman–Crippen LogP) is 1.94. The monoisotopic (exact) mass is 442 g/mol. The fourth-order valence-corrected chi connectivity index (χ4v) is 3.83. The lowest BCUT2D eigenvalue weighted by atomic mass is 10.0. The van der Waals surface area contributed by atoms with Gasteiger partial charge in [0.15, 0.2) is 11.5 Å². The number of allylic oxidation sites excluding steroid dienone is 1. The molecule has 3 rings (SSSR count). The molecule has 0 spiro atoms. The van der Waals surface area contributed by atoms with Crippen molar-refractivity contribution in [3.63, 3.8) is 0 Å². The van der Waals surface area contributed by atoms with Crippen LogP contribution in [0.15, 0.2) is 65.6 Å². The van der Waals surface area contributed by atoms with Gasteiger partial charge in [-0.05, 0) is 42.3 Å². The molecule has 4 amide bonds. The number of ether oxygens (including phenoxy) is 1. The molecule has 2 N–H and O–H groups in total. The second kappa shape index (κ2) is 8.84. The van der Waals surface area contributed by atoms with E-state index in [1.54, 1.807) is 18.2 Å². The van der Waals surface area contributed by atoms with E-state index in [4.69, 9.17) is 8.92 Å². The first-order chi connectivity index (χ1) is 14.7. The maximum Gasteiger partial charge on any atom is 0.339 e. The summed E-state index contributed by atoms with van der Waals surface area (Å²) in [5.74, 6) is -1.69. The number of nitrogens with one attached hydrogen (secondary N) is 2. The van der Waals surface area contributed by atoms with Crippen LogP contribution in [-0.4, -0.2) is 33.4 Å². The van der Waals surface area contributed by atoms with Gasteiger partial charge in [-0.15, -0.1) is 6.58 Å². The normalized spacial score (nSPS) is 13.8. The number of hydrogen-bond donors (Lipinski definition) is 2. The van der Waals surface area contributed by atoms with Crippen molar-refractivity contribution in [1.29, 1.82) is 0 Å². The largest absolute Gasteiger partial charge is 0.493 e. The summed E-state index contributed by atoms with van der Waals surface area (Å²) in [4.78, 5) is 35.2. The van der Waals surface area contributed by atoms with Gasteiger partial charge < -0.3 is 8.92 Å². The van der Waals surface area contributed by atoms with E-state index in [1.165, 1.54) is 43.5 Å². The Morgan fingerprint density at radius 1 is 1.03 bits per heavy atom. The van der Waals surface area contributed by atoms with Gasteiger partial charge in [0.2, 0.25) is 0 Å². The average molecular weight is 442 g/mol. The maximum atomic E-state index is 12.7. The number of methoxy groups -OCH3 is 1. The molecule has 0 unspecified atom stereocenters. The van der Waals surface area contributed by atoms with Crippen LogP contribution in [0.3, 0.4) is 0 Å². The number of hydrogen-bond acceptors (Lipinski definition) is 7. The molecule has 1 heterocycles. The summed E-state index contributed by atoms with van der Waals surface area (Å²) in [5.41, 5.74) is 0.456. The zero-order chi connectivity index (χ0) is 22.6. The molecule has 2 aromatic carbocycles. The van der Waals surface area contributed by atoms with Crippen LogP contribution in [-0.2, 0) is 26.1 Å². The van der Waals surface area contributed by atoms with E-state index in [1.807, 2.05) is 10.6 Å². The number of amides is 4. The highest BCUT2D eigenvalue weighted by molar-refractivity contribution is 7.87. The van der Waals surface area contributed by atoms with Gasteiger partial charge >= 0.3 is 16.1 Å². The third kappa shape index (κ3) is 4.81. The first-order valence-electron chi connectivity index (χ1n) is 8.95.